The quantitative estimate of drug-likeness (QED) is 0.848. The van der Waals surface area contributed by atoms with Crippen LogP contribution in [0, 0.1) is 0 Å². The number of nitrogen functional groups attached to an aromatic ring is 1. The van der Waals surface area contributed by atoms with Crippen molar-refractivity contribution in [2.75, 3.05) is 30.0 Å². The Kier molecular flexibility index (Phi) is 4.48. The number of hydrogen-bond donors (Lipinski definition) is 2. The van der Waals surface area contributed by atoms with Crippen LogP contribution in [0.1, 0.15) is 18.4 Å². The molecule has 1 amide bonds. The van der Waals surface area contributed by atoms with Crippen molar-refractivity contribution in [3.63, 3.8) is 0 Å². The number of carbonyl (C=O) groups is 1. The Morgan fingerprint density at radius 2 is 1.71 bits per heavy atom. The summed E-state index contributed by atoms with van der Waals surface area (Å²) >= 11 is 0. The van der Waals surface area contributed by atoms with E-state index >= 15 is 0 Å². The predicted molar refractivity (Wildman–Crippen MR) is 88.7 cm³/mol. The number of benzene rings is 2. The van der Waals surface area contributed by atoms with E-state index in [1.807, 2.05) is 74.4 Å². The highest BCUT2D eigenvalue weighted by Gasteiger charge is 2.17. The minimum absolute atomic E-state index is 0.0643. The molecule has 2 aromatic carbocycles. The molecule has 21 heavy (non-hydrogen) atoms. The molecule has 0 fully saturated rings. The Bertz CT molecular complexity index is 620. The molecule has 0 saturated carbocycles. The monoisotopic (exact) mass is 283 g/mol. The average Bonchev–Trinajstić information content (AvgIpc) is 2.47. The van der Waals surface area contributed by atoms with Crippen molar-refractivity contribution in [3.8, 4) is 0 Å². The van der Waals surface area contributed by atoms with E-state index in [1.165, 1.54) is 0 Å². The summed E-state index contributed by atoms with van der Waals surface area (Å²) in [7, 11) is 3.96. The smallest absolute Gasteiger partial charge is 0.231 e. The number of rotatable bonds is 4. The van der Waals surface area contributed by atoms with Gasteiger partial charge in [-0.3, -0.25) is 4.79 Å². The van der Waals surface area contributed by atoms with Crippen LogP contribution in [-0.4, -0.2) is 20.0 Å². The third-order valence-electron chi connectivity index (χ3n) is 3.51. The van der Waals surface area contributed by atoms with E-state index in [-0.39, 0.29) is 11.8 Å². The first-order chi connectivity index (χ1) is 9.99. The molecule has 3 N–H and O–H groups in total. The summed E-state index contributed by atoms with van der Waals surface area (Å²) in [6.07, 6.45) is 0. The van der Waals surface area contributed by atoms with E-state index in [0.717, 1.165) is 16.9 Å². The van der Waals surface area contributed by atoms with Crippen molar-refractivity contribution in [1.82, 2.24) is 0 Å². The first-order valence-corrected chi connectivity index (χ1v) is 6.91. The molecule has 110 valence electrons. The Hall–Kier alpha value is -2.49. The molecule has 0 bridgehead atoms. The molecule has 0 radical (unpaired) electrons. The van der Waals surface area contributed by atoms with Gasteiger partial charge >= 0.3 is 0 Å². The van der Waals surface area contributed by atoms with E-state index in [4.69, 9.17) is 5.73 Å². The van der Waals surface area contributed by atoms with Crippen LogP contribution < -0.4 is 16.0 Å². The van der Waals surface area contributed by atoms with Crippen molar-refractivity contribution >= 4 is 23.0 Å². The third-order valence-corrected chi connectivity index (χ3v) is 3.51. The van der Waals surface area contributed by atoms with Crippen molar-refractivity contribution in [3.05, 3.63) is 54.1 Å². The molecule has 4 heteroatoms. The molecule has 0 aliphatic carbocycles. The van der Waals surface area contributed by atoms with E-state index in [1.54, 1.807) is 0 Å². The number of para-hydroxylation sites is 1. The second-order valence-corrected chi connectivity index (χ2v) is 5.28. The van der Waals surface area contributed by atoms with Gasteiger partial charge in [-0.15, -0.1) is 0 Å². The van der Waals surface area contributed by atoms with Gasteiger partial charge in [0.2, 0.25) is 5.91 Å². The molecule has 1 atom stereocenters. The van der Waals surface area contributed by atoms with Gasteiger partial charge in [-0.05, 0) is 42.8 Å². The van der Waals surface area contributed by atoms with Crippen molar-refractivity contribution < 1.29 is 4.79 Å². The maximum absolute atomic E-state index is 12.3. The highest BCUT2D eigenvalue weighted by molar-refractivity contribution is 5.96. The van der Waals surface area contributed by atoms with Gasteiger partial charge in [-0.1, -0.05) is 18.2 Å². The Labute approximate surface area is 125 Å². The molecule has 0 aliphatic rings. The number of carbonyl (C=O) groups excluding carboxylic acids is 1. The lowest BCUT2D eigenvalue weighted by Gasteiger charge is -2.16. The zero-order valence-electron chi connectivity index (χ0n) is 12.6. The van der Waals surface area contributed by atoms with Gasteiger partial charge < -0.3 is 16.0 Å². The van der Waals surface area contributed by atoms with Crippen LogP contribution >= 0.6 is 0 Å². The fraction of sp³-hybridized carbons (Fsp3) is 0.235. The summed E-state index contributed by atoms with van der Waals surface area (Å²) in [4.78, 5) is 14.3. The third kappa shape index (κ3) is 3.54. The van der Waals surface area contributed by atoms with Crippen LogP contribution in [0.3, 0.4) is 0 Å². The zero-order valence-corrected chi connectivity index (χ0v) is 12.6. The molecule has 0 aliphatic heterocycles. The van der Waals surface area contributed by atoms with Crippen molar-refractivity contribution in [1.29, 1.82) is 0 Å². The molecule has 0 spiro atoms. The second-order valence-electron chi connectivity index (χ2n) is 5.28. The van der Waals surface area contributed by atoms with Gasteiger partial charge in [0.05, 0.1) is 5.92 Å². The summed E-state index contributed by atoms with van der Waals surface area (Å²) in [6, 6.07) is 15.2. The Morgan fingerprint density at radius 1 is 1.10 bits per heavy atom. The summed E-state index contributed by atoms with van der Waals surface area (Å²) in [5, 5.41) is 2.92. The SMILES string of the molecule is CC(C(=O)Nc1ccc(N(C)C)cc1)c1ccccc1N. The number of anilines is 3. The Balaban J connectivity index is 2.09. The second kappa shape index (κ2) is 6.31. The molecular weight excluding hydrogens is 262 g/mol. The summed E-state index contributed by atoms with van der Waals surface area (Å²) in [5.74, 6) is -0.356. The number of nitrogens with zero attached hydrogens (tertiary/aromatic N) is 1. The lowest BCUT2D eigenvalue weighted by atomic mass is 9.98. The standard InChI is InChI=1S/C17H21N3O/c1-12(15-6-4-5-7-16(15)18)17(21)19-13-8-10-14(11-9-13)20(2)3/h4-12H,18H2,1-3H3,(H,19,21). The highest BCUT2D eigenvalue weighted by atomic mass is 16.1. The first-order valence-electron chi connectivity index (χ1n) is 6.91. The molecule has 1 unspecified atom stereocenters. The Morgan fingerprint density at radius 3 is 2.29 bits per heavy atom. The van der Waals surface area contributed by atoms with Crippen LogP contribution in [0.5, 0.6) is 0 Å². The van der Waals surface area contributed by atoms with Gasteiger partial charge in [0, 0.05) is 31.2 Å². The first kappa shape index (κ1) is 14.9. The molecule has 2 aromatic rings. The lowest BCUT2D eigenvalue weighted by Crippen LogP contribution is -2.19. The number of hydrogen-bond acceptors (Lipinski definition) is 3. The molecule has 0 aromatic heterocycles. The highest BCUT2D eigenvalue weighted by Crippen LogP contribution is 2.23. The minimum Gasteiger partial charge on any atom is -0.398 e. The van der Waals surface area contributed by atoms with Crippen molar-refractivity contribution in [2.24, 2.45) is 0 Å². The molecule has 2 rings (SSSR count). The summed E-state index contributed by atoms with van der Waals surface area (Å²) < 4.78 is 0. The molecule has 0 saturated heterocycles. The molecule has 4 nitrogen and oxygen atoms in total. The van der Waals surface area contributed by atoms with Gasteiger partial charge in [0.25, 0.3) is 0 Å². The fourth-order valence-corrected chi connectivity index (χ4v) is 2.14. The van der Waals surface area contributed by atoms with Crippen LogP contribution in [0.15, 0.2) is 48.5 Å². The van der Waals surface area contributed by atoms with Crippen LogP contribution in [-0.2, 0) is 4.79 Å². The summed E-state index contributed by atoms with van der Waals surface area (Å²) in [6.45, 7) is 1.86. The zero-order chi connectivity index (χ0) is 15.4. The maximum Gasteiger partial charge on any atom is 0.231 e. The fourth-order valence-electron chi connectivity index (χ4n) is 2.14. The van der Waals surface area contributed by atoms with E-state index in [0.29, 0.717) is 5.69 Å². The number of nitrogens with one attached hydrogen (secondary N) is 1. The van der Waals surface area contributed by atoms with Gasteiger partial charge in [-0.2, -0.15) is 0 Å². The largest absolute Gasteiger partial charge is 0.398 e. The molecule has 0 heterocycles. The van der Waals surface area contributed by atoms with Gasteiger partial charge in [0.1, 0.15) is 0 Å². The van der Waals surface area contributed by atoms with Gasteiger partial charge in [0.15, 0.2) is 0 Å². The summed E-state index contributed by atoms with van der Waals surface area (Å²) in [5.41, 5.74) is 9.28. The van der Waals surface area contributed by atoms with Crippen LogP contribution in [0.4, 0.5) is 17.1 Å². The van der Waals surface area contributed by atoms with Crippen LogP contribution in [0.25, 0.3) is 0 Å². The van der Waals surface area contributed by atoms with Crippen molar-refractivity contribution in [2.45, 2.75) is 12.8 Å². The topological polar surface area (TPSA) is 58.4 Å². The van der Waals surface area contributed by atoms with E-state index in [2.05, 4.69) is 5.32 Å². The predicted octanol–water partition coefficient (Wildman–Crippen LogP) is 3.08. The minimum atomic E-state index is -0.292. The van der Waals surface area contributed by atoms with Crippen LogP contribution in [0.2, 0.25) is 0 Å². The lowest BCUT2D eigenvalue weighted by molar-refractivity contribution is -0.117. The molecular formula is C17H21N3O. The number of amides is 1. The van der Waals surface area contributed by atoms with E-state index < -0.39 is 0 Å². The van der Waals surface area contributed by atoms with E-state index in [9.17, 15) is 4.79 Å². The average molecular weight is 283 g/mol. The number of nitrogens with two attached hydrogens (primary N) is 1. The maximum atomic E-state index is 12.3. The normalized spacial score (nSPS) is 11.8. The van der Waals surface area contributed by atoms with Gasteiger partial charge in [-0.25, -0.2) is 0 Å².